The molecule has 1 aromatic heterocycles. The van der Waals surface area contributed by atoms with E-state index in [-0.39, 0.29) is 4.90 Å². The first-order valence-electron chi connectivity index (χ1n) is 6.61. The van der Waals surface area contributed by atoms with Crippen molar-refractivity contribution in [2.24, 2.45) is 7.05 Å². The average Bonchev–Trinajstić information content (AvgIpc) is 2.76. The van der Waals surface area contributed by atoms with Crippen LogP contribution in [0.5, 0.6) is 0 Å². The molecule has 0 saturated carbocycles. The van der Waals surface area contributed by atoms with Gasteiger partial charge < -0.3 is 4.57 Å². The van der Waals surface area contributed by atoms with Gasteiger partial charge in [0.05, 0.1) is 10.6 Å². The molecule has 108 valence electrons. The topological polar surface area (TPSA) is 51.1 Å². The van der Waals surface area contributed by atoms with Crippen LogP contribution in [0, 0.1) is 6.92 Å². The maximum absolute atomic E-state index is 12.4. The first-order valence-corrected chi connectivity index (χ1v) is 8.09. The third-order valence-corrected chi connectivity index (χ3v) is 4.85. The fraction of sp³-hybridized carbons (Fsp3) is 0.125. The molecule has 5 heteroatoms. The van der Waals surface area contributed by atoms with E-state index >= 15 is 0 Å². The van der Waals surface area contributed by atoms with Crippen molar-refractivity contribution in [3.63, 3.8) is 0 Å². The lowest BCUT2D eigenvalue weighted by molar-refractivity contribution is 0.601. The van der Waals surface area contributed by atoms with Gasteiger partial charge >= 0.3 is 0 Å². The molecule has 0 aliphatic carbocycles. The fourth-order valence-corrected chi connectivity index (χ4v) is 3.41. The maximum atomic E-state index is 12.4. The number of sulfonamides is 1. The molecule has 0 aliphatic rings. The van der Waals surface area contributed by atoms with Gasteiger partial charge in [0.2, 0.25) is 0 Å². The van der Waals surface area contributed by atoms with Crippen molar-refractivity contribution in [1.82, 2.24) is 4.57 Å². The molecule has 0 radical (unpaired) electrons. The molecule has 21 heavy (non-hydrogen) atoms. The standard InChI is InChI=1S/C16H16N2O2S/c1-12-7-9-13(10-8-12)21(19,20)17-15-11-18(2)16-6-4-3-5-14(15)16/h3-11,17H,1-2H3. The number of anilines is 1. The Balaban J connectivity index is 2.03. The number of fused-ring (bicyclic) bond motifs is 1. The van der Waals surface area contributed by atoms with Gasteiger partial charge in [-0.15, -0.1) is 0 Å². The van der Waals surface area contributed by atoms with E-state index in [9.17, 15) is 8.42 Å². The lowest BCUT2D eigenvalue weighted by Crippen LogP contribution is -2.12. The van der Waals surface area contributed by atoms with Gasteiger partial charge in [-0.1, -0.05) is 35.9 Å². The summed E-state index contributed by atoms with van der Waals surface area (Å²) in [6.07, 6.45) is 1.79. The second kappa shape index (κ2) is 4.93. The van der Waals surface area contributed by atoms with Crippen molar-refractivity contribution in [3.05, 3.63) is 60.3 Å². The van der Waals surface area contributed by atoms with Gasteiger partial charge in [-0.3, -0.25) is 4.72 Å². The molecule has 1 N–H and O–H groups in total. The number of aryl methyl sites for hydroxylation is 2. The second-order valence-corrected chi connectivity index (χ2v) is 6.77. The monoisotopic (exact) mass is 300 g/mol. The third-order valence-electron chi connectivity index (χ3n) is 3.47. The fourth-order valence-electron chi connectivity index (χ4n) is 2.34. The molecule has 0 aliphatic heterocycles. The minimum absolute atomic E-state index is 0.265. The highest BCUT2D eigenvalue weighted by atomic mass is 32.2. The van der Waals surface area contributed by atoms with E-state index in [1.54, 1.807) is 30.5 Å². The summed E-state index contributed by atoms with van der Waals surface area (Å²) >= 11 is 0. The third kappa shape index (κ3) is 2.52. The van der Waals surface area contributed by atoms with E-state index in [1.165, 1.54) is 0 Å². The number of aromatic nitrogens is 1. The van der Waals surface area contributed by atoms with Crippen LogP contribution in [0.2, 0.25) is 0 Å². The van der Waals surface area contributed by atoms with Gasteiger partial charge in [0, 0.05) is 24.1 Å². The maximum Gasteiger partial charge on any atom is 0.261 e. The van der Waals surface area contributed by atoms with Crippen molar-refractivity contribution in [2.75, 3.05) is 4.72 Å². The molecule has 1 heterocycles. The van der Waals surface area contributed by atoms with Crippen LogP contribution < -0.4 is 4.72 Å². The number of para-hydroxylation sites is 1. The molecular formula is C16H16N2O2S. The van der Waals surface area contributed by atoms with Gasteiger partial charge in [0.25, 0.3) is 10.0 Å². The van der Waals surface area contributed by atoms with Gasteiger partial charge in [-0.25, -0.2) is 8.42 Å². The highest BCUT2D eigenvalue weighted by molar-refractivity contribution is 7.92. The van der Waals surface area contributed by atoms with Crippen LogP contribution in [-0.2, 0) is 17.1 Å². The molecular weight excluding hydrogens is 284 g/mol. The Labute approximate surface area is 124 Å². The van der Waals surface area contributed by atoms with E-state index in [0.29, 0.717) is 5.69 Å². The van der Waals surface area contributed by atoms with Crippen molar-refractivity contribution >= 4 is 26.6 Å². The van der Waals surface area contributed by atoms with E-state index in [0.717, 1.165) is 16.5 Å². The van der Waals surface area contributed by atoms with E-state index < -0.39 is 10.0 Å². The van der Waals surface area contributed by atoms with Gasteiger partial charge in [0.1, 0.15) is 0 Å². The number of nitrogens with zero attached hydrogens (tertiary/aromatic N) is 1. The lowest BCUT2D eigenvalue weighted by Gasteiger charge is -2.07. The van der Waals surface area contributed by atoms with Crippen LogP contribution >= 0.6 is 0 Å². The van der Waals surface area contributed by atoms with Crippen LogP contribution in [0.4, 0.5) is 5.69 Å². The Morgan fingerprint density at radius 3 is 2.38 bits per heavy atom. The minimum Gasteiger partial charge on any atom is -0.348 e. The van der Waals surface area contributed by atoms with Crippen molar-refractivity contribution in [2.45, 2.75) is 11.8 Å². The zero-order valence-corrected chi connectivity index (χ0v) is 12.7. The molecule has 0 spiro atoms. The normalized spacial score (nSPS) is 11.7. The van der Waals surface area contributed by atoms with Crippen molar-refractivity contribution < 1.29 is 8.42 Å². The number of hydrogen-bond donors (Lipinski definition) is 1. The minimum atomic E-state index is -3.57. The van der Waals surface area contributed by atoms with Crippen LogP contribution in [0.15, 0.2) is 59.6 Å². The number of rotatable bonds is 3. The molecule has 3 rings (SSSR count). The molecule has 0 bridgehead atoms. The van der Waals surface area contributed by atoms with Gasteiger partial charge in [0.15, 0.2) is 0 Å². The molecule has 0 saturated heterocycles. The number of hydrogen-bond acceptors (Lipinski definition) is 2. The summed E-state index contributed by atoms with van der Waals surface area (Å²) in [5.41, 5.74) is 2.60. The Bertz CT molecular complexity index is 894. The number of benzene rings is 2. The first-order chi connectivity index (χ1) is 9.97. The highest BCUT2D eigenvalue weighted by Gasteiger charge is 2.16. The molecule has 0 amide bonds. The Hall–Kier alpha value is -2.27. The summed E-state index contributed by atoms with van der Waals surface area (Å²) in [7, 11) is -1.68. The molecule has 3 aromatic rings. The van der Waals surface area contributed by atoms with Gasteiger partial charge in [-0.2, -0.15) is 0 Å². The zero-order chi connectivity index (χ0) is 15.0. The molecule has 4 nitrogen and oxygen atoms in total. The largest absolute Gasteiger partial charge is 0.348 e. The van der Waals surface area contributed by atoms with Gasteiger partial charge in [-0.05, 0) is 25.1 Å². The average molecular weight is 300 g/mol. The summed E-state index contributed by atoms with van der Waals surface area (Å²) in [5, 5.41) is 0.885. The smallest absolute Gasteiger partial charge is 0.261 e. The van der Waals surface area contributed by atoms with Crippen LogP contribution in [0.1, 0.15) is 5.56 Å². The van der Waals surface area contributed by atoms with Crippen molar-refractivity contribution in [3.8, 4) is 0 Å². The summed E-state index contributed by atoms with van der Waals surface area (Å²) < 4.78 is 29.5. The van der Waals surface area contributed by atoms with E-state index in [4.69, 9.17) is 0 Å². The van der Waals surface area contributed by atoms with Crippen molar-refractivity contribution in [1.29, 1.82) is 0 Å². The summed E-state index contributed by atoms with van der Waals surface area (Å²) in [6.45, 7) is 1.93. The summed E-state index contributed by atoms with van der Waals surface area (Å²) in [4.78, 5) is 0.265. The van der Waals surface area contributed by atoms with E-state index in [2.05, 4.69) is 4.72 Å². The Morgan fingerprint density at radius 1 is 1.00 bits per heavy atom. The Kier molecular flexibility index (Phi) is 3.22. The first kappa shape index (κ1) is 13.7. The second-order valence-electron chi connectivity index (χ2n) is 5.09. The molecule has 0 fully saturated rings. The summed E-state index contributed by atoms with van der Waals surface area (Å²) in [5.74, 6) is 0. The summed E-state index contributed by atoms with van der Waals surface area (Å²) in [6, 6.07) is 14.5. The molecule has 0 atom stereocenters. The molecule has 0 unspecified atom stereocenters. The molecule has 2 aromatic carbocycles. The number of nitrogens with one attached hydrogen (secondary N) is 1. The quantitative estimate of drug-likeness (QED) is 0.807. The zero-order valence-electron chi connectivity index (χ0n) is 11.9. The van der Waals surface area contributed by atoms with E-state index in [1.807, 2.05) is 42.8 Å². The van der Waals surface area contributed by atoms with Crippen LogP contribution in [-0.4, -0.2) is 13.0 Å². The predicted octanol–water partition coefficient (Wildman–Crippen LogP) is 3.29. The Morgan fingerprint density at radius 2 is 1.67 bits per heavy atom. The lowest BCUT2D eigenvalue weighted by atomic mass is 10.2. The van der Waals surface area contributed by atoms with Crippen LogP contribution in [0.3, 0.4) is 0 Å². The highest BCUT2D eigenvalue weighted by Crippen LogP contribution is 2.27. The predicted molar refractivity (Wildman–Crippen MR) is 84.9 cm³/mol. The SMILES string of the molecule is Cc1ccc(S(=O)(=O)Nc2cn(C)c3ccccc23)cc1. The van der Waals surface area contributed by atoms with Crippen LogP contribution in [0.25, 0.3) is 10.9 Å².